The minimum Gasteiger partial charge on any atom is -0.497 e. The summed E-state index contributed by atoms with van der Waals surface area (Å²) in [6, 6.07) is 15.9. The van der Waals surface area contributed by atoms with E-state index in [0.29, 0.717) is 32.6 Å². The van der Waals surface area contributed by atoms with Gasteiger partial charge in [0.15, 0.2) is 0 Å². The lowest BCUT2D eigenvalue weighted by atomic mass is 10.0. The van der Waals surface area contributed by atoms with Gasteiger partial charge in [0.05, 0.1) is 33.5 Å². The number of aryl methyl sites for hydroxylation is 1. The van der Waals surface area contributed by atoms with Gasteiger partial charge >= 0.3 is 0 Å². The van der Waals surface area contributed by atoms with Crippen molar-refractivity contribution in [3.8, 4) is 11.5 Å². The number of nitrogens with one attached hydrogen (secondary N) is 1. The number of amides is 1. The molecule has 0 aliphatic carbocycles. The van der Waals surface area contributed by atoms with Crippen LogP contribution in [0.25, 0.3) is 0 Å². The highest BCUT2D eigenvalue weighted by atomic mass is 16.5. The number of morpholine rings is 1. The summed E-state index contributed by atoms with van der Waals surface area (Å²) in [7, 11) is 3.33. The van der Waals surface area contributed by atoms with E-state index in [9.17, 15) is 4.79 Å². The van der Waals surface area contributed by atoms with Gasteiger partial charge in [-0.25, -0.2) is 0 Å². The molecule has 1 heterocycles. The molecule has 6 heteroatoms. The molecule has 0 bridgehead atoms. The predicted molar refractivity (Wildman–Crippen MR) is 112 cm³/mol. The first-order chi connectivity index (χ1) is 14.2. The minimum atomic E-state index is 0.0500. The monoisotopic (exact) mass is 398 g/mol. The third kappa shape index (κ3) is 5.95. The zero-order valence-electron chi connectivity index (χ0n) is 17.2. The van der Waals surface area contributed by atoms with E-state index in [2.05, 4.69) is 16.3 Å². The second-order valence-electron chi connectivity index (χ2n) is 7.06. The summed E-state index contributed by atoms with van der Waals surface area (Å²) < 4.78 is 16.2. The molecular weight excluding hydrogens is 368 g/mol. The Labute approximate surface area is 172 Å². The van der Waals surface area contributed by atoms with Crippen LogP contribution in [-0.4, -0.2) is 57.9 Å². The van der Waals surface area contributed by atoms with Gasteiger partial charge in [-0.1, -0.05) is 30.3 Å². The molecule has 1 fully saturated rings. The van der Waals surface area contributed by atoms with E-state index in [1.54, 1.807) is 14.2 Å². The second-order valence-corrected chi connectivity index (χ2v) is 7.06. The van der Waals surface area contributed by atoms with Gasteiger partial charge in [-0.15, -0.1) is 0 Å². The number of nitrogens with zero attached hydrogens (tertiary/aromatic N) is 1. The SMILES string of the molecule is COc1ccc(CCC(=O)NCC(c2ccccc2OC)N2CCOCC2)cc1. The van der Waals surface area contributed by atoms with Crippen molar-refractivity contribution in [3.05, 3.63) is 59.7 Å². The number of benzene rings is 2. The summed E-state index contributed by atoms with van der Waals surface area (Å²) in [6.45, 7) is 3.63. The standard InChI is InChI=1S/C23H30N2O4/c1-27-19-10-7-18(8-11-19)9-12-23(26)24-17-21(25-13-15-29-16-14-25)20-5-3-4-6-22(20)28-2/h3-8,10-11,21H,9,12-17H2,1-2H3,(H,24,26). The van der Waals surface area contributed by atoms with Crippen molar-refractivity contribution in [1.82, 2.24) is 10.2 Å². The third-order valence-corrected chi connectivity index (χ3v) is 5.28. The summed E-state index contributed by atoms with van der Waals surface area (Å²) in [5.74, 6) is 1.72. The van der Waals surface area contributed by atoms with E-state index in [4.69, 9.17) is 14.2 Å². The number of carbonyl (C=O) groups is 1. The molecule has 1 unspecified atom stereocenters. The number of hydrogen-bond acceptors (Lipinski definition) is 5. The molecule has 1 aliphatic heterocycles. The minimum absolute atomic E-state index is 0.0500. The fourth-order valence-electron chi connectivity index (χ4n) is 3.62. The molecule has 0 radical (unpaired) electrons. The first kappa shape index (κ1) is 21.1. The number of methoxy groups -OCH3 is 2. The topological polar surface area (TPSA) is 60.0 Å². The summed E-state index contributed by atoms with van der Waals surface area (Å²) in [4.78, 5) is 14.9. The highest BCUT2D eigenvalue weighted by molar-refractivity contribution is 5.76. The van der Waals surface area contributed by atoms with Gasteiger partial charge in [0.25, 0.3) is 0 Å². The van der Waals surface area contributed by atoms with Gasteiger partial charge in [-0.3, -0.25) is 9.69 Å². The zero-order chi connectivity index (χ0) is 20.5. The Morgan fingerprint density at radius 3 is 2.48 bits per heavy atom. The normalized spacial score (nSPS) is 15.5. The molecule has 2 aromatic rings. The van der Waals surface area contributed by atoms with Crippen LogP contribution in [0.1, 0.15) is 23.6 Å². The zero-order valence-corrected chi connectivity index (χ0v) is 17.2. The van der Waals surface area contributed by atoms with Crippen molar-refractivity contribution < 1.29 is 19.0 Å². The van der Waals surface area contributed by atoms with Crippen LogP contribution in [0.4, 0.5) is 0 Å². The lowest BCUT2D eigenvalue weighted by molar-refractivity contribution is -0.121. The molecule has 1 amide bonds. The second kappa shape index (κ2) is 10.8. The van der Waals surface area contributed by atoms with Gasteiger partial charge in [0.1, 0.15) is 11.5 Å². The molecule has 1 saturated heterocycles. The number of carbonyl (C=O) groups excluding carboxylic acids is 1. The number of ether oxygens (including phenoxy) is 3. The van der Waals surface area contributed by atoms with Crippen LogP contribution in [0.3, 0.4) is 0 Å². The van der Waals surface area contributed by atoms with Crippen molar-refractivity contribution in [1.29, 1.82) is 0 Å². The molecule has 156 valence electrons. The Kier molecular flexibility index (Phi) is 7.90. The molecule has 6 nitrogen and oxygen atoms in total. The fourth-order valence-corrected chi connectivity index (χ4v) is 3.62. The largest absolute Gasteiger partial charge is 0.497 e. The van der Waals surface area contributed by atoms with Crippen molar-refractivity contribution >= 4 is 5.91 Å². The molecule has 2 aromatic carbocycles. The van der Waals surface area contributed by atoms with E-state index in [-0.39, 0.29) is 11.9 Å². The maximum atomic E-state index is 12.5. The average Bonchev–Trinajstić information content (AvgIpc) is 2.79. The van der Waals surface area contributed by atoms with Gasteiger partial charge in [-0.2, -0.15) is 0 Å². The van der Waals surface area contributed by atoms with Crippen molar-refractivity contribution in [2.45, 2.75) is 18.9 Å². The van der Waals surface area contributed by atoms with Crippen molar-refractivity contribution in [2.75, 3.05) is 47.1 Å². The van der Waals surface area contributed by atoms with Crippen LogP contribution in [0.2, 0.25) is 0 Å². The summed E-state index contributed by atoms with van der Waals surface area (Å²) >= 11 is 0. The molecule has 0 spiro atoms. The predicted octanol–water partition coefficient (Wildman–Crippen LogP) is 2.83. The number of hydrogen-bond donors (Lipinski definition) is 1. The lowest BCUT2D eigenvalue weighted by Crippen LogP contribution is -2.44. The molecule has 1 atom stereocenters. The number of para-hydroxylation sites is 1. The van der Waals surface area contributed by atoms with Crippen LogP contribution in [0.15, 0.2) is 48.5 Å². The smallest absolute Gasteiger partial charge is 0.220 e. The first-order valence-electron chi connectivity index (χ1n) is 10.1. The fraction of sp³-hybridized carbons (Fsp3) is 0.435. The molecule has 29 heavy (non-hydrogen) atoms. The van der Waals surface area contributed by atoms with Crippen molar-refractivity contribution in [3.63, 3.8) is 0 Å². The van der Waals surface area contributed by atoms with E-state index in [0.717, 1.165) is 35.7 Å². The van der Waals surface area contributed by atoms with Gasteiger partial charge < -0.3 is 19.5 Å². The van der Waals surface area contributed by atoms with Crippen LogP contribution in [-0.2, 0) is 16.0 Å². The highest BCUT2D eigenvalue weighted by Gasteiger charge is 2.25. The maximum absolute atomic E-state index is 12.5. The Balaban J connectivity index is 1.60. The Morgan fingerprint density at radius 1 is 1.07 bits per heavy atom. The van der Waals surface area contributed by atoms with Gasteiger partial charge in [0, 0.05) is 31.6 Å². The molecule has 0 saturated carbocycles. The molecule has 3 rings (SSSR count). The molecule has 0 aromatic heterocycles. The van der Waals surface area contributed by atoms with Crippen LogP contribution in [0, 0.1) is 0 Å². The molecule has 1 N–H and O–H groups in total. The third-order valence-electron chi connectivity index (χ3n) is 5.28. The van der Waals surface area contributed by atoms with Crippen LogP contribution < -0.4 is 14.8 Å². The van der Waals surface area contributed by atoms with Crippen molar-refractivity contribution in [2.24, 2.45) is 0 Å². The Bertz CT molecular complexity index is 773. The van der Waals surface area contributed by atoms with Gasteiger partial charge in [0.2, 0.25) is 5.91 Å². The highest BCUT2D eigenvalue weighted by Crippen LogP contribution is 2.29. The molecular formula is C23H30N2O4. The molecule has 1 aliphatic rings. The van der Waals surface area contributed by atoms with Crippen LogP contribution >= 0.6 is 0 Å². The Hall–Kier alpha value is -2.57. The summed E-state index contributed by atoms with van der Waals surface area (Å²) in [6.07, 6.45) is 1.15. The van der Waals surface area contributed by atoms with E-state index in [1.165, 1.54) is 0 Å². The summed E-state index contributed by atoms with van der Waals surface area (Å²) in [5.41, 5.74) is 2.21. The lowest BCUT2D eigenvalue weighted by Gasteiger charge is -2.35. The number of rotatable bonds is 9. The first-order valence-corrected chi connectivity index (χ1v) is 10.1. The van der Waals surface area contributed by atoms with E-state index < -0.39 is 0 Å². The van der Waals surface area contributed by atoms with Gasteiger partial charge in [-0.05, 0) is 30.2 Å². The quantitative estimate of drug-likeness (QED) is 0.704. The van der Waals surface area contributed by atoms with Crippen LogP contribution in [0.5, 0.6) is 11.5 Å². The summed E-state index contributed by atoms with van der Waals surface area (Å²) in [5, 5.41) is 3.12. The maximum Gasteiger partial charge on any atom is 0.220 e. The average molecular weight is 399 g/mol. The Morgan fingerprint density at radius 2 is 1.79 bits per heavy atom. The van der Waals surface area contributed by atoms with E-state index >= 15 is 0 Å². The van der Waals surface area contributed by atoms with E-state index in [1.807, 2.05) is 42.5 Å².